The second kappa shape index (κ2) is 6.26. The van der Waals surface area contributed by atoms with Gasteiger partial charge < -0.3 is 10.5 Å². The van der Waals surface area contributed by atoms with Gasteiger partial charge in [-0.3, -0.25) is 4.72 Å². The van der Waals surface area contributed by atoms with Crippen LogP contribution in [-0.2, 0) is 14.8 Å². The Hall–Kier alpha value is -0.890. The Bertz CT molecular complexity index is 613. The van der Waals surface area contributed by atoms with Crippen molar-refractivity contribution < 1.29 is 13.2 Å². The molecule has 110 valence electrons. The largest absolute Gasteiger partial charge is 0.389 e. The van der Waals surface area contributed by atoms with Crippen LogP contribution < -0.4 is 10.5 Å². The number of thiocarbonyl (C=S) groups is 1. The molecule has 0 spiro atoms. The average Bonchev–Trinajstić information content (AvgIpc) is 2.79. The van der Waals surface area contributed by atoms with Crippen molar-refractivity contribution in [1.29, 1.82) is 0 Å². The van der Waals surface area contributed by atoms with Crippen LogP contribution in [0.1, 0.15) is 18.4 Å². The van der Waals surface area contributed by atoms with Gasteiger partial charge in [-0.2, -0.15) is 0 Å². The van der Waals surface area contributed by atoms with Crippen LogP contribution >= 0.6 is 23.8 Å². The van der Waals surface area contributed by atoms with Gasteiger partial charge in [-0.15, -0.1) is 0 Å². The van der Waals surface area contributed by atoms with Crippen molar-refractivity contribution in [3.63, 3.8) is 0 Å². The molecule has 0 bridgehead atoms. The van der Waals surface area contributed by atoms with Crippen molar-refractivity contribution in [1.82, 2.24) is 0 Å². The Morgan fingerprint density at radius 1 is 1.55 bits per heavy atom. The first-order valence-electron chi connectivity index (χ1n) is 6.09. The van der Waals surface area contributed by atoms with Crippen LogP contribution in [0.25, 0.3) is 0 Å². The summed E-state index contributed by atoms with van der Waals surface area (Å²) in [4.78, 5) is 0.108. The Balaban J connectivity index is 2.19. The third kappa shape index (κ3) is 4.05. The minimum atomic E-state index is -3.54. The Morgan fingerprint density at radius 2 is 2.30 bits per heavy atom. The van der Waals surface area contributed by atoms with Crippen LogP contribution in [0, 0.1) is 0 Å². The molecule has 8 heteroatoms. The number of nitrogens with one attached hydrogen (secondary N) is 1. The van der Waals surface area contributed by atoms with Crippen LogP contribution in [0.2, 0.25) is 5.02 Å². The normalized spacial score (nSPS) is 18.9. The lowest BCUT2D eigenvalue weighted by atomic mass is 10.2. The van der Waals surface area contributed by atoms with Crippen LogP contribution in [0.4, 0.5) is 5.69 Å². The van der Waals surface area contributed by atoms with E-state index in [1.807, 2.05) is 0 Å². The highest BCUT2D eigenvalue weighted by Crippen LogP contribution is 2.23. The summed E-state index contributed by atoms with van der Waals surface area (Å²) in [7, 11) is -3.54. The van der Waals surface area contributed by atoms with Crippen molar-refractivity contribution in [2.45, 2.75) is 18.9 Å². The number of rotatable bonds is 5. The molecule has 1 aliphatic heterocycles. The molecular weight excluding hydrogens is 320 g/mol. The number of halogens is 1. The minimum Gasteiger partial charge on any atom is -0.389 e. The monoisotopic (exact) mass is 334 g/mol. The summed E-state index contributed by atoms with van der Waals surface area (Å²) in [5, 5.41) is 0.403. The fraction of sp³-hybridized carbons (Fsp3) is 0.417. The minimum absolute atomic E-state index is 0.0870. The van der Waals surface area contributed by atoms with Gasteiger partial charge in [0.05, 0.1) is 17.5 Å². The quantitative estimate of drug-likeness (QED) is 0.804. The van der Waals surface area contributed by atoms with Gasteiger partial charge in [0.15, 0.2) is 0 Å². The lowest BCUT2D eigenvalue weighted by Crippen LogP contribution is -2.26. The predicted molar refractivity (Wildman–Crippen MR) is 83.7 cm³/mol. The molecule has 1 atom stereocenters. The Morgan fingerprint density at radius 3 is 2.90 bits per heavy atom. The molecule has 1 aromatic rings. The molecule has 1 fully saturated rings. The van der Waals surface area contributed by atoms with E-state index in [4.69, 9.17) is 34.3 Å². The summed E-state index contributed by atoms with van der Waals surface area (Å²) < 4.78 is 32.1. The SMILES string of the molecule is NC(=S)c1ccc(Cl)cc1NS(=O)(=O)CC1CCCO1. The lowest BCUT2D eigenvalue weighted by Gasteiger charge is -2.14. The molecule has 0 aliphatic carbocycles. The third-order valence-electron chi connectivity index (χ3n) is 2.94. The highest BCUT2D eigenvalue weighted by atomic mass is 35.5. The highest BCUT2D eigenvalue weighted by molar-refractivity contribution is 7.92. The fourth-order valence-corrected chi connectivity index (χ4v) is 3.74. The maximum absolute atomic E-state index is 12.1. The number of hydrogen-bond acceptors (Lipinski definition) is 4. The summed E-state index contributed by atoms with van der Waals surface area (Å²) in [6.07, 6.45) is 1.37. The maximum atomic E-state index is 12.1. The van der Waals surface area contributed by atoms with E-state index in [1.54, 1.807) is 12.1 Å². The second-order valence-electron chi connectivity index (χ2n) is 4.57. The van der Waals surface area contributed by atoms with Gasteiger partial charge in [0.2, 0.25) is 10.0 Å². The van der Waals surface area contributed by atoms with Crippen LogP contribution in [-0.4, -0.2) is 31.9 Å². The molecule has 20 heavy (non-hydrogen) atoms. The van der Waals surface area contributed by atoms with Crippen LogP contribution in [0.3, 0.4) is 0 Å². The number of hydrogen-bond donors (Lipinski definition) is 2. The zero-order valence-electron chi connectivity index (χ0n) is 10.6. The van der Waals surface area contributed by atoms with Gasteiger partial charge in [0.1, 0.15) is 4.99 Å². The Labute approximate surface area is 128 Å². The van der Waals surface area contributed by atoms with Crippen molar-refractivity contribution in [2.24, 2.45) is 5.73 Å². The van der Waals surface area contributed by atoms with Crippen molar-refractivity contribution in [3.05, 3.63) is 28.8 Å². The molecule has 1 heterocycles. The molecule has 2 rings (SSSR count). The number of sulfonamides is 1. The number of anilines is 1. The van der Waals surface area contributed by atoms with Crippen molar-refractivity contribution in [2.75, 3.05) is 17.1 Å². The van der Waals surface area contributed by atoms with E-state index in [0.717, 1.165) is 12.8 Å². The molecule has 3 N–H and O–H groups in total. The van der Waals surface area contributed by atoms with E-state index in [-0.39, 0.29) is 16.8 Å². The van der Waals surface area contributed by atoms with Gasteiger partial charge in [-0.25, -0.2) is 8.42 Å². The number of benzene rings is 1. The first kappa shape index (κ1) is 15.5. The average molecular weight is 335 g/mol. The first-order chi connectivity index (χ1) is 9.37. The van der Waals surface area contributed by atoms with E-state index in [9.17, 15) is 8.42 Å². The third-order valence-corrected chi connectivity index (χ3v) is 4.74. The second-order valence-corrected chi connectivity index (χ2v) is 7.22. The zero-order valence-corrected chi connectivity index (χ0v) is 13.0. The van der Waals surface area contributed by atoms with Crippen LogP contribution in [0.15, 0.2) is 18.2 Å². The smallest absolute Gasteiger partial charge is 0.235 e. The summed E-state index contributed by atoms with van der Waals surface area (Å²) in [6, 6.07) is 4.69. The van der Waals surface area contributed by atoms with E-state index >= 15 is 0 Å². The zero-order chi connectivity index (χ0) is 14.8. The lowest BCUT2D eigenvalue weighted by molar-refractivity contribution is 0.127. The number of nitrogens with two attached hydrogens (primary N) is 1. The van der Waals surface area contributed by atoms with E-state index < -0.39 is 10.0 Å². The van der Waals surface area contributed by atoms with Crippen LogP contribution in [0.5, 0.6) is 0 Å². The molecule has 0 radical (unpaired) electrons. The van der Waals surface area contributed by atoms with E-state index in [1.165, 1.54) is 6.07 Å². The summed E-state index contributed by atoms with van der Waals surface area (Å²) in [6.45, 7) is 0.607. The molecule has 0 aromatic heterocycles. The molecule has 0 saturated carbocycles. The molecule has 1 unspecified atom stereocenters. The Kier molecular flexibility index (Phi) is 4.85. The molecular formula is C12H15ClN2O3S2. The fourth-order valence-electron chi connectivity index (χ4n) is 2.05. The summed E-state index contributed by atoms with van der Waals surface area (Å²) >= 11 is 10.8. The molecule has 5 nitrogen and oxygen atoms in total. The van der Waals surface area contributed by atoms with E-state index in [0.29, 0.717) is 22.9 Å². The van der Waals surface area contributed by atoms with Gasteiger partial charge >= 0.3 is 0 Å². The van der Waals surface area contributed by atoms with E-state index in [2.05, 4.69) is 4.72 Å². The molecule has 0 amide bonds. The maximum Gasteiger partial charge on any atom is 0.235 e. The highest BCUT2D eigenvalue weighted by Gasteiger charge is 2.24. The van der Waals surface area contributed by atoms with Crippen molar-refractivity contribution in [3.8, 4) is 0 Å². The molecule has 1 aliphatic rings. The first-order valence-corrected chi connectivity index (χ1v) is 8.53. The van der Waals surface area contributed by atoms with Gasteiger partial charge in [0, 0.05) is 17.2 Å². The standard InChI is InChI=1S/C12H15ClN2O3S2/c13-8-3-4-10(12(14)19)11(6-8)15-20(16,17)7-9-2-1-5-18-9/h3-4,6,9,15H,1-2,5,7H2,(H2,14,19). The van der Waals surface area contributed by atoms with Gasteiger partial charge in [-0.1, -0.05) is 23.8 Å². The topological polar surface area (TPSA) is 81.4 Å². The van der Waals surface area contributed by atoms with Gasteiger partial charge in [0.25, 0.3) is 0 Å². The number of ether oxygens (including phenoxy) is 1. The molecule has 1 saturated heterocycles. The van der Waals surface area contributed by atoms with Crippen molar-refractivity contribution >= 4 is 44.5 Å². The summed E-state index contributed by atoms with van der Waals surface area (Å²) in [5.74, 6) is -0.0870. The predicted octanol–water partition coefficient (Wildman–Crippen LogP) is 1.89. The summed E-state index contributed by atoms with van der Waals surface area (Å²) in [5.41, 5.74) is 6.32. The van der Waals surface area contributed by atoms with Gasteiger partial charge in [-0.05, 0) is 31.0 Å². The molecule has 1 aromatic carbocycles.